The average Bonchev–Trinajstić information content (AvgIpc) is 2.85. The first kappa shape index (κ1) is 18.0. The summed E-state index contributed by atoms with van der Waals surface area (Å²) in [6.07, 6.45) is 1.29. The molecule has 2 aromatic carbocycles. The van der Waals surface area contributed by atoms with Gasteiger partial charge in [-0.1, -0.05) is 48.0 Å². The molecule has 2 aromatic rings. The van der Waals surface area contributed by atoms with Crippen molar-refractivity contribution in [2.45, 2.75) is 38.8 Å². The Morgan fingerprint density at radius 3 is 2.54 bits per heavy atom. The normalized spacial score (nSPS) is 19.6. The van der Waals surface area contributed by atoms with Gasteiger partial charge in [0, 0.05) is 5.56 Å². The fraction of sp³-hybridized carbons (Fsp3) is 0.333. The molecule has 0 radical (unpaired) electrons. The second-order valence-electron chi connectivity index (χ2n) is 6.95. The van der Waals surface area contributed by atoms with Crippen molar-refractivity contribution in [3.05, 3.63) is 65.2 Å². The molecular formula is C21H24N2O3. The molecule has 1 aliphatic heterocycles. The summed E-state index contributed by atoms with van der Waals surface area (Å²) in [5, 5.41) is 2.87. The second kappa shape index (κ2) is 7.20. The first-order valence-electron chi connectivity index (χ1n) is 8.74. The van der Waals surface area contributed by atoms with E-state index in [2.05, 4.69) is 5.32 Å². The number of hydrogen-bond acceptors (Lipinski definition) is 3. The topological polar surface area (TPSA) is 58.6 Å². The number of aryl methyl sites for hydroxylation is 2. The first-order valence-corrected chi connectivity index (χ1v) is 8.74. The second-order valence-corrected chi connectivity index (χ2v) is 6.95. The van der Waals surface area contributed by atoms with Crippen LogP contribution >= 0.6 is 0 Å². The molecule has 0 spiro atoms. The molecule has 26 heavy (non-hydrogen) atoms. The van der Waals surface area contributed by atoms with Gasteiger partial charge in [-0.05, 0) is 38.3 Å². The molecule has 5 heteroatoms. The molecule has 1 N–H and O–H groups in total. The number of imide groups is 1. The molecule has 0 aliphatic carbocycles. The fourth-order valence-electron chi connectivity index (χ4n) is 3.30. The number of amides is 3. The van der Waals surface area contributed by atoms with Gasteiger partial charge >= 0.3 is 6.03 Å². The zero-order chi connectivity index (χ0) is 18.7. The van der Waals surface area contributed by atoms with E-state index in [0.717, 1.165) is 23.1 Å². The van der Waals surface area contributed by atoms with Crippen LogP contribution in [-0.2, 0) is 17.8 Å². The Morgan fingerprint density at radius 2 is 1.85 bits per heavy atom. The highest BCUT2D eigenvalue weighted by molar-refractivity contribution is 6.06. The summed E-state index contributed by atoms with van der Waals surface area (Å²) in [4.78, 5) is 26.7. The van der Waals surface area contributed by atoms with Crippen LogP contribution in [0.3, 0.4) is 0 Å². The highest BCUT2D eigenvalue weighted by atomic mass is 16.5. The Bertz CT molecular complexity index is 819. The van der Waals surface area contributed by atoms with Crippen LogP contribution in [0.15, 0.2) is 48.5 Å². The van der Waals surface area contributed by atoms with E-state index in [1.165, 1.54) is 4.90 Å². The van der Waals surface area contributed by atoms with Gasteiger partial charge in [-0.2, -0.15) is 0 Å². The van der Waals surface area contributed by atoms with Crippen molar-refractivity contribution < 1.29 is 14.3 Å². The van der Waals surface area contributed by atoms with E-state index in [0.29, 0.717) is 12.2 Å². The van der Waals surface area contributed by atoms with Crippen LogP contribution in [-0.4, -0.2) is 29.5 Å². The molecule has 0 bridgehead atoms. The Hall–Kier alpha value is -2.82. The van der Waals surface area contributed by atoms with Gasteiger partial charge in [0.05, 0.1) is 13.7 Å². The third kappa shape index (κ3) is 3.57. The van der Waals surface area contributed by atoms with Crippen molar-refractivity contribution in [1.82, 2.24) is 10.2 Å². The standard InChI is InChI=1S/C21H24N2O3/c1-15-9-10-18(26-3)17(13-15)14-23-19(24)21(2,22-20(23)25)12-11-16-7-5-4-6-8-16/h4-10,13H,11-12,14H2,1-3H3,(H,22,25)/t21-/m0/s1. The van der Waals surface area contributed by atoms with Gasteiger partial charge < -0.3 is 10.1 Å². The summed E-state index contributed by atoms with van der Waals surface area (Å²) in [6.45, 7) is 3.97. The lowest BCUT2D eigenvalue weighted by Gasteiger charge is -2.22. The van der Waals surface area contributed by atoms with Crippen molar-refractivity contribution in [2.24, 2.45) is 0 Å². The third-order valence-corrected chi connectivity index (χ3v) is 4.87. The number of carbonyl (C=O) groups is 2. The highest BCUT2D eigenvalue weighted by Gasteiger charge is 2.47. The van der Waals surface area contributed by atoms with Gasteiger partial charge in [-0.3, -0.25) is 9.69 Å². The summed E-state index contributed by atoms with van der Waals surface area (Å²) in [6, 6.07) is 15.4. The van der Waals surface area contributed by atoms with Gasteiger partial charge in [-0.25, -0.2) is 4.79 Å². The van der Waals surface area contributed by atoms with Crippen LogP contribution in [0.25, 0.3) is 0 Å². The fourth-order valence-corrected chi connectivity index (χ4v) is 3.30. The lowest BCUT2D eigenvalue weighted by atomic mass is 9.93. The maximum atomic E-state index is 12.9. The highest BCUT2D eigenvalue weighted by Crippen LogP contribution is 2.28. The number of benzene rings is 2. The maximum Gasteiger partial charge on any atom is 0.325 e. The average molecular weight is 352 g/mol. The lowest BCUT2D eigenvalue weighted by Crippen LogP contribution is -2.44. The van der Waals surface area contributed by atoms with Crippen LogP contribution in [0.4, 0.5) is 4.79 Å². The number of carbonyl (C=O) groups excluding carboxylic acids is 2. The predicted molar refractivity (Wildman–Crippen MR) is 100.0 cm³/mol. The van der Waals surface area contributed by atoms with E-state index in [1.54, 1.807) is 14.0 Å². The van der Waals surface area contributed by atoms with Crippen molar-refractivity contribution >= 4 is 11.9 Å². The summed E-state index contributed by atoms with van der Waals surface area (Å²) in [5.74, 6) is 0.482. The minimum Gasteiger partial charge on any atom is -0.496 e. The quantitative estimate of drug-likeness (QED) is 0.810. The van der Waals surface area contributed by atoms with Crippen molar-refractivity contribution in [3.63, 3.8) is 0 Å². The Kier molecular flexibility index (Phi) is 4.98. The van der Waals surface area contributed by atoms with E-state index in [-0.39, 0.29) is 18.5 Å². The van der Waals surface area contributed by atoms with Gasteiger partial charge in [0.15, 0.2) is 0 Å². The summed E-state index contributed by atoms with van der Waals surface area (Å²) >= 11 is 0. The Balaban J connectivity index is 1.75. The number of hydrogen-bond donors (Lipinski definition) is 1. The molecule has 1 atom stereocenters. The monoisotopic (exact) mass is 352 g/mol. The summed E-state index contributed by atoms with van der Waals surface area (Å²) < 4.78 is 5.37. The molecule has 1 heterocycles. The van der Waals surface area contributed by atoms with Gasteiger partial charge in [0.25, 0.3) is 5.91 Å². The zero-order valence-corrected chi connectivity index (χ0v) is 15.4. The van der Waals surface area contributed by atoms with E-state index in [1.807, 2.05) is 55.5 Å². The molecule has 1 fully saturated rings. The molecule has 3 amide bonds. The summed E-state index contributed by atoms with van der Waals surface area (Å²) in [5.41, 5.74) is 2.14. The number of nitrogens with one attached hydrogen (secondary N) is 1. The van der Waals surface area contributed by atoms with Crippen LogP contribution < -0.4 is 10.1 Å². The Labute approximate surface area is 154 Å². The molecule has 1 aliphatic rings. The van der Waals surface area contributed by atoms with E-state index >= 15 is 0 Å². The van der Waals surface area contributed by atoms with Crippen LogP contribution in [0.5, 0.6) is 5.75 Å². The molecule has 0 saturated carbocycles. The molecule has 1 saturated heterocycles. The smallest absolute Gasteiger partial charge is 0.325 e. The number of urea groups is 1. The molecule has 3 rings (SSSR count). The van der Waals surface area contributed by atoms with Gasteiger partial charge in [-0.15, -0.1) is 0 Å². The van der Waals surface area contributed by atoms with Crippen LogP contribution in [0.1, 0.15) is 30.0 Å². The van der Waals surface area contributed by atoms with E-state index in [4.69, 9.17) is 4.74 Å². The number of methoxy groups -OCH3 is 1. The van der Waals surface area contributed by atoms with Crippen molar-refractivity contribution in [1.29, 1.82) is 0 Å². The molecule has 5 nitrogen and oxygen atoms in total. The van der Waals surface area contributed by atoms with Crippen molar-refractivity contribution in [3.8, 4) is 5.75 Å². The number of nitrogens with zero attached hydrogens (tertiary/aromatic N) is 1. The van der Waals surface area contributed by atoms with Gasteiger partial charge in [0.2, 0.25) is 0 Å². The van der Waals surface area contributed by atoms with Crippen LogP contribution in [0.2, 0.25) is 0 Å². The molecule has 0 aromatic heterocycles. The van der Waals surface area contributed by atoms with Crippen molar-refractivity contribution in [2.75, 3.05) is 7.11 Å². The zero-order valence-electron chi connectivity index (χ0n) is 15.4. The molecular weight excluding hydrogens is 328 g/mol. The van der Waals surface area contributed by atoms with Crippen LogP contribution in [0, 0.1) is 6.92 Å². The Morgan fingerprint density at radius 1 is 1.12 bits per heavy atom. The molecule has 136 valence electrons. The minimum atomic E-state index is -0.885. The summed E-state index contributed by atoms with van der Waals surface area (Å²) in [7, 11) is 1.59. The minimum absolute atomic E-state index is 0.193. The maximum absolute atomic E-state index is 12.9. The van der Waals surface area contributed by atoms with Gasteiger partial charge in [0.1, 0.15) is 11.3 Å². The first-order chi connectivity index (χ1) is 12.4. The predicted octanol–water partition coefficient (Wildman–Crippen LogP) is 3.45. The van der Waals surface area contributed by atoms with E-state index < -0.39 is 5.54 Å². The van der Waals surface area contributed by atoms with E-state index in [9.17, 15) is 9.59 Å². The number of rotatable bonds is 6. The SMILES string of the molecule is COc1ccc(C)cc1CN1C(=O)N[C@@](C)(CCc2ccccc2)C1=O. The number of ether oxygens (including phenoxy) is 1. The molecule has 0 unspecified atom stereocenters. The third-order valence-electron chi connectivity index (χ3n) is 4.87. The largest absolute Gasteiger partial charge is 0.496 e. The lowest BCUT2D eigenvalue weighted by molar-refractivity contribution is -0.131.